The van der Waals surface area contributed by atoms with Crippen molar-refractivity contribution >= 4 is 38.5 Å². The molecule has 0 radical (unpaired) electrons. The summed E-state index contributed by atoms with van der Waals surface area (Å²) in [5.74, 6) is -1.96. The Morgan fingerprint density at radius 2 is 1.81 bits per heavy atom. The molecule has 3 aromatic rings. The van der Waals surface area contributed by atoms with Gasteiger partial charge in [0.05, 0.1) is 31.2 Å². The van der Waals surface area contributed by atoms with Gasteiger partial charge in [0.2, 0.25) is 12.0 Å². The van der Waals surface area contributed by atoms with Crippen LogP contribution in [-0.4, -0.2) is 146 Å². The van der Waals surface area contributed by atoms with Crippen LogP contribution in [0, 0.1) is 40.9 Å². The van der Waals surface area contributed by atoms with Crippen LogP contribution in [0.1, 0.15) is 121 Å². The number of carbonyl (C=O) groups excluding carboxylic acids is 1. The number of aliphatic hydroxyl groups is 7. The maximum absolute atomic E-state index is 13.8. The van der Waals surface area contributed by atoms with Crippen LogP contribution < -0.4 is 20.1 Å². The van der Waals surface area contributed by atoms with Crippen molar-refractivity contribution in [1.82, 2.24) is 10.6 Å². The summed E-state index contributed by atoms with van der Waals surface area (Å²) < 4.78 is 32.6. The number of fused-ring (bicyclic) bond motifs is 11. The highest BCUT2D eigenvalue weighted by Gasteiger charge is 2.78. The zero-order chi connectivity index (χ0) is 54.2. The molecule has 0 amide bonds. The van der Waals surface area contributed by atoms with Crippen LogP contribution in [0.4, 0.5) is 0 Å². The quantitative estimate of drug-likeness (QED) is 0.0475. The van der Waals surface area contributed by atoms with Crippen LogP contribution >= 0.6 is 21.6 Å². The van der Waals surface area contributed by atoms with Crippen molar-refractivity contribution in [2.24, 2.45) is 40.9 Å². The number of aliphatic hydroxyl groups excluding tert-OH is 5. The minimum absolute atomic E-state index is 0.00238. The van der Waals surface area contributed by atoms with Gasteiger partial charge in [-0.1, -0.05) is 83.8 Å². The van der Waals surface area contributed by atoms with Gasteiger partial charge >= 0.3 is 5.97 Å². The van der Waals surface area contributed by atoms with Gasteiger partial charge in [-0.2, -0.15) is 0 Å². The van der Waals surface area contributed by atoms with E-state index in [1.54, 1.807) is 42.2 Å². The van der Waals surface area contributed by atoms with Gasteiger partial charge < -0.3 is 69.7 Å². The number of benzene rings is 2. The average Bonchev–Trinajstić information content (AvgIpc) is 4.27. The van der Waals surface area contributed by atoms with E-state index in [-0.39, 0.29) is 79.4 Å². The number of nitrogens with one attached hydrogen (secondary N) is 2. The molecule has 4 aliphatic carbocycles. The SMILES string of the molecule is CCOC(=O)CCc1cc2ccoc2c2c1O[C@@H]1O[C@@]3(CSS[C@]4(CC[C@]5(CC[C@@H](CNC)C5)[C@H]4CC[C@H](O)CCc4ccccc4)[C@H](CC[C@H](C)CCC[C@H]3O)NCCO2)[C@]2(O)C[C@@H]3C=C[C@@H](O)[C@H](CO)[C@H]3[C@@]1(O)[C@H]2O. The van der Waals surface area contributed by atoms with Gasteiger partial charge in [0, 0.05) is 53.3 Å². The van der Waals surface area contributed by atoms with Crippen LogP contribution in [0.15, 0.2) is 65.3 Å². The molecule has 3 saturated carbocycles. The van der Waals surface area contributed by atoms with E-state index in [4.69, 9.17) is 23.4 Å². The lowest BCUT2D eigenvalue weighted by Gasteiger charge is -2.67. The fraction of sp³-hybridized carbons (Fsp3) is 0.717. The van der Waals surface area contributed by atoms with Crippen LogP contribution in [0.25, 0.3) is 11.0 Å². The van der Waals surface area contributed by atoms with Crippen molar-refractivity contribution in [3.63, 3.8) is 0 Å². The number of esters is 1. The minimum atomic E-state index is -2.50. The average molecular weight is 1110 g/mol. The Hall–Kier alpha value is -2.91. The molecular formula is C60H86N2O13S2. The van der Waals surface area contributed by atoms with Gasteiger partial charge in [-0.25, -0.2) is 0 Å². The lowest BCUT2D eigenvalue weighted by Crippen LogP contribution is -2.86. The topological polar surface area (TPSA) is 233 Å². The highest BCUT2D eigenvalue weighted by molar-refractivity contribution is 8.77. The molecule has 3 spiro atoms. The molecular weight excluding hydrogens is 1020 g/mol. The molecule has 3 aliphatic heterocycles. The predicted octanol–water partition coefficient (Wildman–Crippen LogP) is 7.02. The van der Waals surface area contributed by atoms with Crippen LogP contribution in [0.5, 0.6) is 11.5 Å². The molecule has 5 bridgehead atoms. The fourth-order valence-electron chi connectivity index (χ4n) is 16.0. The summed E-state index contributed by atoms with van der Waals surface area (Å²) in [4.78, 5) is 13.1. The number of rotatable bonds is 13. The van der Waals surface area contributed by atoms with E-state index in [0.29, 0.717) is 48.3 Å². The predicted molar refractivity (Wildman–Crippen MR) is 297 cm³/mol. The Morgan fingerprint density at radius 1 is 0.974 bits per heavy atom. The highest BCUT2D eigenvalue weighted by atomic mass is 33.1. The van der Waals surface area contributed by atoms with Crippen molar-refractivity contribution < 1.29 is 63.9 Å². The van der Waals surface area contributed by atoms with E-state index in [2.05, 4.69) is 29.7 Å². The molecule has 0 unspecified atom stereocenters. The molecule has 17 heteroatoms. The van der Waals surface area contributed by atoms with Gasteiger partial charge in [-0.3, -0.25) is 4.79 Å². The fourth-order valence-corrected chi connectivity index (χ4v) is 20.2. The summed E-state index contributed by atoms with van der Waals surface area (Å²) in [5.41, 5.74) is -4.67. The third-order valence-corrected chi connectivity index (χ3v) is 23.2. The minimum Gasteiger partial charge on any atom is -0.485 e. The standard InChI is InChI=1S/C60H86N2O13S2/c1-4-71-49(67)22-16-40-31-41-24-29-72-51(41)53-52(40)74-55-60(70)50-42(15-19-45(65)44(50)35-63)33-58(69,54(60)68)59(75-55)36-76-77-57(47(62-28-30-73-53)21-13-37(2)9-8-12-48(59)66)27-26-56(25-23-39(32-56)34-61-3)46(57)20-18-43(64)17-14-38-10-6-5-7-11-38/h5-7,10-11,15,19,24,29,31,37,39,42-48,50,54-55,61-66,68-70H,4,8-9,12-14,16-18,20-23,25-28,30,32-36H2,1-3H3/t37-,39-,42+,43-,44+,45-,46-,47+,48-,50+,54+,55-,56+,57+,58+,59-,60-/m1/s1. The van der Waals surface area contributed by atoms with Crippen molar-refractivity contribution in [3.05, 3.63) is 72.0 Å². The lowest BCUT2D eigenvalue weighted by molar-refractivity contribution is -0.424. The zero-order valence-electron chi connectivity index (χ0n) is 45.4. The van der Waals surface area contributed by atoms with Gasteiger partial charge in [0.25, 0.3) is 0 Å². The van der Waals surface area contributed by atoms with Gasteiger partial charge in [0.1, 0.15) is 23.9 Å². The monoisotopic (exact) mass is 1110 g/mol. The molecule has 10 rings (SSSR count). The Kier molecular flexibility index (Phi) is 17.8. The van der Waals surface area contributed by atoms with Crippen molar-refractivity contribution in [2.45, 2.75) is 181 Å². The number of aryl methyl sites for hydroxylation is 2. The molecule has 1 aromatic heterocycles. The number of hydrogen-bond donors (Lipinski definition) is 9. The Morgan fingerprint density at radius 3 is 2.60 bits per heavy atom. The van der Waals surface area contributed by atoms with Gasteiger partial charge in [-0.15, -0.1) is 0 Å². The summed E-state index contributed by atoms with van der Waals surface area (Å²) in [5, 5.41) is 96.5. The third kappa shape index (κ3) is 10.7. The first-order valence-electron chi connectivity index (χ1n) is 29.0. The summed E-state index contributed by atoms with van der Waals surface area (Å²) >= 11 is 0. The van der Waals surface area contributed by atoms with Crippen LogP contribution in [0.3, 0.4) is 0 Å². The first kappa shape index (κ1) is 57.3. The van der Waals surface area contributed by atoms with Crippen LogP contribution in [0.2, 0.25) is 0 Å². The first-order chi connectivity index (χ1) is 37.1. The van der Waals surface area contributed by atoms with E-state index in [0.717, 1.165) is 70.8 Å². The first-order valence-corrected chi connectivity index (χ1v) is 31.3. The van der Waals surface area contributed by atoms with Crippen molar-refractivity contribution in [3.8, 4) is 11.5 Å². The normalized spacial score (nSPS) is 39.7. The summed E-state index contributed by atoms with van der Waals surface area (Å²) in [6.07, 6.45) is 9.50. The number of ether oxygens (including phenoxy) is 4. The molecule has 2 saturated heterocycles. The molecule has 2 aromatic carbocycles. The Labute approximate surface area is 462 Å². The molecule has 4 heterocycles. The van der Waals surface area contributed by atoms with E-state index in [9.17, 15) is 40.5 Å². The van der Waals surface area contributed by atoms with Gasteiger partial charge in [0.15, 0.2) is 16.9 Å². The second kappa shape index (κ2) is 23.9. The van der Waals surface area contributed by atoms with Crippen molar-refractivity contribution in [1.29, 1.82) is 0 Å². The molecule has 77 heavy (non-hydrogen) atoms. The van der Waals surface area contributed by atoms with E-state index in [1.807, 2.05) is 42.1 Å². The summed E-state index contributed by atoms with van der Waals surface area (Å²) in [6.45, 7) is 5.21. The van der Waals surface area contributed by atoms with Crippen LogP contribution in [-0.2, 0) is 27.1 Å². The second-order valence-corrected chi connectivity index (χ2v) is 26.9. The third-order valence-electron chi connectivity index (χ3n) is 19.8. The van der Waals surface area contributed by atoms with E-state index >= 15 is 0 Å². The highest BCUT2D eigenvalue weighted by Crippen LogP contribution is 2.69. The molecule has 5 fully saturated rings. The largest absolute Gasteiger partial charge is 0.485 e. The van der Waals surface area contributed by atoms with Gasteiger partial charge in [-0.05, 0) is 163 Å². The number of hydrogen-bond acceptors (Lipinski definition) is 17. The number of carbonyl (C=O) groups is 1. The second-order valence-electron chi connectivity index (χ2n) is 24.2. The van der Waals surface area contributed by atoms with E-state index < -0.39 is 82.6 Å². The summed E-state index contributed by atoms with van der Waals surface area (Å²) in [6, 6.07) is 14.0. The zero-order valence-corrected chi connectivity index (χ0v) is 47.0. The molecule has 9 N–H and O–H groups in total. The molecule has 17 atom stereocenters. The maximum Gasteiger partial charge on any atom is 0.306 e. The molecule has 7 aliphatic rings. The Balaban J connectivity index is 1.13. The number of furan rings is 1. The lowest BCUT2D eigenvalue weighted by atomic mass is 9.50. The molecule has 426 valence electrons. The van der Waals surface area contributed by atoms with Crippen molar-refractivity contribution in [2.75, 3.05) is 45.7 Å². The Bertz CT molecular complexity index is 2500. The maximum atomic E-state index is 13.8. The summed E-state index contributed by atoms with van der Waals surface area (Å²) in [7, 11) is 5.40. The molecule has 15 nitrogen and oxygen atoms in total. The smallest absolute Gasteiger partial charge is 0.306 e. The number of allylic oxidation sites excluding steroid dienone is 1. The van der Waals surface area contributed by atoms with E-state index in [1.165, 1.54) is 5.56 Å².